The van der Waals surface area contributed by atoms with Crippen LogP contribution >= 0.6 is 11.3 Å². The monoisotopic (exact) mass is 298 g/mol. The van der Waals surface area contributed by atoms with Crippen LogP contribution < -0.4 is 10.2 Å². The fourth-order valence-corrected chi connectivity index (χ4v) is 3.39. The molecule has 0 aliphatic carbocycles. The largest absolute Gasteiger partial charge is 0.357 e. The van der Waals surface area contributed by atoms with Gasteiger partial charge in [0.05, 0.1) is 5.56 Å². The van der Waals surface area contributed by atoms with Gasteiger partial charge in [-0.25, -0.2) is 4.98 Å². The second-order valence-electron chi connectivity index (χ2n) is 5.24. The molecule has 3 rings (SSSR count). The number of thiophene rings is 1. The van der Waals surface area contributed by atoms with Crippen LogP contribution in [0.2, 0.25) is 0 Å². The first-order chi connectivity index (χ1) is 10.3. The van der Waals surface area contributed by atoms with Crippen molar-refractivity contribution in [2.24, 2.45) is 0 Å². The molecule has 1 N–H and O–H groups in total. The fraction of sp³-hybridized carbons (Fsp3) is 0.375. The maximum absolute atomic E-state index is 8.83. The SMILES string of the molecule is N#Cc1csc(CNC2CCN(c3ccccn3)CC2)c1. The van der Waals surface area contributed by atoms with Gasteiger partial charge in [-0.3, -0.25) is 0 Å². The maximum Gasteiger partial charge on any atom is 0.128 e. The number of hydrogen-bond donors (Lipinski definition) is 1. The molecule has 0 saturated carbocycles. The van der Waals surface area contributed by atoms with Crippen molar-refractivity contribution < 1.29 is 0 Å². The number of pyridine rings is 1. The molecule has 108 valence electrons. The number of piperidine rings is 1. The highest BCUT2D eigenvalue weighted by molar-refractivity contribution is 7.10. The van der Waals surface area contributed by atoms with Crippen molar-refractivity contribution in [2.45, 2.75) is 25.4 Å². The summed E-state index contributed by atoms with van der Waals surface area (Å²) in [4.78, 5) is 7.99. The van der Waals surface area contributed by atoms with E-state index in [0.29, 0.717) is 6.04 Å². The van der Waals surface area contributed by atoms with E-state index in [9.17, 15) is 0 Å². The summed E-state index contributed by atoms with van der Waals surface area (Å²) >= 11 is 1.65. The zero-order chi connectivity index (χ0) is 14.5. The van der Waals surface area contributed by atoms with Crippen molar-refractivity contribution in [3.63, 3.8) is 0 Å². The Kier molecular flexibility index (Phi) is 4.49. The highest BCUT2D eigenvalue weighted by Crippen LogP contribution is 2.18. The lowest BCUT2D eigenvalue weighted by molar-refractivity contribution is 0.414. The molecule has 2 aromatic rings. The predicted octanol–water partition coefficient (Wildman–Crippen LogP) is 2.77. The van der Waals surface area contributed by atoms with Gasteiger partial charge in [0.2, 0.25) is 0 Å². The van der Waals surface area contributed by atoms with Gasteiger partial charge >= 0.3 is 0 Å². The van der Waals surface area contributed by atoms with Gasteiger partial charge in [-0.15, -0.1) is 11.3 Å². The smallest absolute Gasteiger partial charge is 0.128 e. The lowest BCUT2D eigenvalue weighted by atomic mass is 10.0. The fourth-order valence-electron chi connectivity index (χ4n) is 2.63. The summed E-state index contributed by atoms with van der Waals surface area (Å²) in [5.74, 6) is 1.08. The summed E-state index contributed by atoms with van der Waals surface area (Å²) in [6.07, 6.45) is 4.11. The average Bonchev–Trinajstić information content (AvgIpc) is 3.02. The van der Waals surface area contributed by atoms with Crippen molar-refractivity contribution in [1.82, 2.24) is 10.3 Å². The third-order valence-electron chi connectivity index (χ3n) is 3.82. The van der Waals surface area contributed by atoms with Gasteiger partial charge in [-0.1, -0.05) is 6.07 Å². The first kappa shape index (κ1) is 14.1. The Labute approximate surface area is 129 Å². The van der Waals surface area contributed by atoms with Crippen molar-refractivity contribution in [3.8, 4) is 6.07 Å². The van der Waals surface area contributed by atoms with Crippen molar-refractivity contribution in [1.29, 1.82) is 5.26 Å². The number of aromatic nitrogens is 1. The van der Waals surface area contributed by atoms with Gasteiger partial charge in [0, 0.05) is 42.1 Å². The Balaban J connectivity index is 1.47. The molecule has 0 amide bonds. The minimum Gasteiger partial charge on any atom is -0.357 e. The molecule has 1 saturated heterocycles. The quantitative estimate of drug-likeness (QED) is 0.943. The molecule has 1 aliphatic heterocycles. The molecule has 1 fully saturated rings. The Morgan fingerprint density at radius 3 is 2.90 bits per heavy atom. The third kappa shape index (κ3) is 3.60. The Morgan fingerprint density at radius 1 is 1.38 bits per heavy atom. The van der Waals surface area contributed by atoms with Gasteiger partial charge in [0.15, 0.2) is 0 Å². The number of anilines is 1. The number of nitriles is 1. The zero-order valence-electron chi connectivity index (χ0n) is 11.8. The van der Waals surface area contributed by atoms with Crippen molar-refractivity contribution in [2.75, 3.05) is 18.0 Å². The molecule has 0 spiro atoms. The van der Waals surface area contributed by atoms with Crippen molar-refractivity contribution >= 4 is 17.2 Å². The maximum atomic E-state index is 8.83. The molecule has 0 atom stereocenters. The molecule has 0 aromatic carbocycles. The standard InChI is InChI=1S/C16H18N4S/c17-10-13-9-15(21-12-13)11-19-14-4-7-20(8-5-14)16-3-1-2-6-18-16/h1-3,6,9,12,14,19H,4-5,7-8,11H2. The van der Waals surface area contributed by atoms with Crippen LogP contribution in [0.5, 0.6) is 0 Å². The van der Waals surface area contributed by atoms with E-state index in [1.807, 2.05) is 29.8 Å². The summed E-state index contributed by atoms with van der Waals surface area (Å²) < 4.78 is 0. The Hall–Kier alpha value is -1.90. The molecule has 2 aromatic heterocycles. The number of hydrogen-bond acceptors (Lipinski definition) is 5. The van der Waals surface area contributed by atoms with Gasteiger partial charge in [0.1, 0.15) is 11.9 Å². The lowest BCUT2D eigenvalue weighted by Gasteiger charge is -2.33. The number of rotatable bonds is 4. The van der Waals surface area contributed by atoms with E-state index < -0.39 is 0 Å². The molecular formula is C16H18N4S. The normalized spacial score (nSPS) is 15.9. The second kappa shape index (κ2) is 6.70. The van der Waals surface area contributed by atoms with Crippen LogP contribution in [0.3, 0.4) is 0 Å². The Morgan fingerprint density at radius 2 is 2.24 bits per heavy atom. The van der Waals surface area contributed by atoms with E-state index in [1.54, 1.807) is 11.3 Å². The molecule has 3 heterocycles. The van der Waals surface area contributed by atoms with Crippen LogP contribution in [-0.4, -0.2) is 24.1 Å². The van der Waals surface area contributed by atoms with Gasteiger partial charge in [-0.05, 0) is 31.0 Å². The van der Waals surface area contributed by atoms with Crippen LogP contribution in [0.4, 0.5) is 5.82 Å². The van der Waals surface area contributed by atoms with E-state index in [2.05, 4.69) is 27.3 Å². The predicted molar refractivity (Wildman–Crippen MR) is 85.3 cm³/mol. The first-order valence-electron chi connectivity index (χ1n) is 7.22. The van der Waals surface area contributed by atoms with E-state index in [-0.39, 0.29) is 0 Å². The highest BCUT2D eigenvalue weighted by atomic mass is 32.1. The summed E-state index contributed by atoms with van der Waals surface area (Å²) in [6, 6.07) is 10.8. The number of nitrogens with zero attached hydrogens (tertiary/aromatic N) is 3. The zero-order valence-corrected chi connectivity index (χ0v) is 12.6. The van der Waals surface area contributed by atoms with E-state index in [1.165, 1.54) is 4.88 Å². The minimum atomic E-state index is 0.553. The van der Waals surface area contributed by atoms with Crippen LogP contribution in [0.15, 0.2) is 35.8 Å². The first-order valence-corrected chi connectivity index (χ1v) is 8.10. The summed E-state index contributed by atoms with van der Waals surface area (Å²) in [5.41, 5.74) is 0.766. The van der Waals surface area contributed by atoms with Gasteiger partial charge < -0.3 is 10.2 Å². The molecule has 21 heavy (non-hydrogen) atoms. The van der Waals surface area contributed by atoms with Crippen LogP contribution in [0.1, 0.15) is 23.3 Å². The molecule has 0 bridgehead atoms. The topological polar surface area (TPSA) is 52.0 Å². The molecule has 1 aliphatic rings. The van der Waals surface area contributed by atoms with Gasteiger partial charge in [0.25, 0.3) is 0 Å². The van der Waals surface area contributed by atoms with Gasteiger partial charge in [-0.2, -0.15) is 5.26 Å². The molecule has 0 unspecified atom stereocenters. The average molecular weight is 298 g/mol. The summed E-state index contributed by atoms with van der Waals surface area (Å²) in [6.45, 7) is 2.95. The van der Waals surface area contributed by atoms with Crippen molar-refractivity contribution in [3.05, 3.63) is 46.3 Å². The molecule has 0 radical (unpaired) electrons. The van der Waals surface area contributed by atoms with Crippen LogP contribution in [-0.2, 0) is 6.54 Å². The van der Waals surface area contributed by atoms with E-state index in [0.717, 1.165) is 43.9 Å². The number of nitrogens with one attached hydrogen (secondary N) is 1. The Bertz CT molecular complexity index is 609. The molecule has 5 heteroatoms. The summed E-state index contributed by atoms with van der Waals surface area (Å²) in [7, 11) is 0. The second-order valence-corrected chi connectivity index (χ2v) is 6.24. The van der Waals surface area contributed by atoms with E-state index in [4.69, 9.17) is 5.26 Å². The van der Waals surface area contributed by atoms with Crippen LogP contribution in [0, 0.1) is 11.3 Å². The van der Waals surface area contributed by atoms with Crippen LogP contribution in [0.25, 0.3) is 0 Å². The lowest BCUT2D eigenvalue weighted by Crippen LogP contribution is -2.42. The molecule has 4 nitrogen and oxygen atoms in total. The third-order valence-corrected chi connectivity index (χ3v) is 4.75. The highest BCUT2D eigenvalue weighted by Gasteiger charge is 2.19. The minimum absolute atomic E-state index is 0.553. The summed E-state index contributed by atoms with van der Waals surface area (Å²) in [5, 5.41) is 14.3. The molecular weight excluding hydrogens is 280 g/mol. The van der Waals surface area contributed by atoms with E-state index >= 15 is 0 Å².